The molecule has 30 heavy (non-hydrogen) atoms. The van der Waals surface area contributed by atoms with Gasteiger partial charge in [0.15, 0.2) is 5.13 Å². The van der Waals surface area contributed by atoms with E-state index in [9.17, 15) is 13.2 Å². The van der Waals surface area contributed by atoms with Gasteiger partial charge in [0.25, 0.3) is 5.91 Å². The van der Waals surface area contributed by atoms with Gasteiger partial charge in [-0.25, -0.2) is 18.1 Å². The van der Waals surface area contributed by atoms with Crippen LogP contribution >= 0.6 is 22.7 Å². The molecule has 3 heterocycles. The van der Waals surface area contributed by atoms with E-state index in [0.29, 0.717) is 11.7 Å². The summed E-state index contributed by atoms with van der Waals surface area (Å²) in [5, 5.41) is 5.10. The zero-order valence-electron chi connectivity index (χ0n) is 16.3. The van der Waals surface area contributed by atoms with Crippen molar-refractivity contribution in [2.75, 3.05) is 18.5 Å². The Balaban J connectivity index is 1.44. The van der Waals surface area contributed by atoms with Crippen LogP contribution < -0.4 is 10.0 Å². The number of thiazole rings is 1. The third-order valence-corrected chi connectivity index (χ3v) is 7.85. The summed E-state index contributed by atoms with van der Waals surface area (Å²) in [6.45, 7) is 2.91. The predicted molar refractivity (Wildman–Crippen MR) is 119 cm³/mol. The Hall–Kier alpha value is -2.11. The number of hydrogen-bond donors (Lipinski definition) is 2. The summed E-state index contributed by atoms with van der Waals surface area (Å²) >= 11 is 2.96. The minimum atomic E-state index is -3.73. The fourth-order valence-electron chi connectivity index (χ4n) is 3.08. The second-order valence-corrected chi connectivity index (χ2v) is 10.8. The summed E-state index contributed by atoms with van der Waals surface area (Å²) in [5.41, 5.74) is 1.06. The number of sulfonamides is 1. The van der Waals surface area contributed by atoms with Gasteiger partial charge in [0.05, 0.1) is 21.6 Å². The molecular weight excluding hydrogens is 442 g/mol. The molecule has 7 nitrogen and oxygen atoms in total. The molecule has 1 aliphatic heterocycles. The Morgan fingerprint density at radius 1 is 1.30 bits per heavy atom. The molecule has 4 rings (SSSR count). The van der Waals surface area contributed by atoms with Crippen molar-refractivity contribution in [2.24, 2.45) is 0 Å². The fraction of sp³-hybridized carbons (Fsp3) is 0.300. The number of aromatic nitrogens is 1. The maximum absolute atomic E-state index is 12.6. The summed E-state index contributed by atoms with van der Waals surface area (Å²) in [6.07, 6.45) is 1.68. The molecule has 1 atom stereocenters. The van der Waals surface area contributed by atoms with Crippen molar-refractivity contribution in [1.29, 1.82) is 0 Å². The lowest BCUT2D eigenvalue weighted by Crippen LogP contribution is -2.32. The van der Waals surface area contributed by atoms with Gasteiger partial charge in [0.2, 0.25) is 10.0 Å². The van der Waals surface area contributed by atoms with Crippen LogP contribution in [0, 0.1) is 6.92 Å². The van der Waals surface area contributed by atoms with Gasteiger partial charge in [-0.2, -0.15) is 0 Å². The van der Waals surface area contributed by atoms with Crippen molar-refractivity contribution in [1.82, 2.24) is 9.71 Å². The van der Waals surface area contributed by atoms with Gasteiger partial charge in [-0.1, -0.05) is 6.07 Å². The first-order valence-corrected chi connectivity index (χ1v) is 12.6. The van der Waals surface area contributed by atoms with Gasteiger partial charge in [-0.15, -0.1) is 22.7 Å². The van der Waals surface area contributed by atoms with Crippen LogP contribution in [0.15, 0.2) is 46.7 Å². The van der Waals surface area contributed by atoms with Gasteiger partial charge in [-0.05, 0) is 50.1 Å². The number of amides is 1. The highest BCUT2D eigenvalue weighted by Crippen LogP contribution is 2.30. The monoisotopic (exact) mass is 463 g/mol. The molecule has 0 radical (unpaired) electrons. The highest BCUT2D eigenvalue weighted by Gasteiger charge is 2.21. The number of nitrogens with zero attached hydrogens (tertiary/aromatic N) is 1. The van der Waals surface area contributed by atoms with Crippen LogP contribution in [0.25, 0.3) is 10.6 Å². The van der Waals surface area contributed by atoms with Crippen molar-refractivity contribution < 1.29 is 17.9 Å². The maximum Gasteiger partial charge on any atom is 0.257 e. The molecule has 3 aromatic rings. The average Bonchev–Trinajstić information content (AvgIpc) is 3.48. The quantitative estimate of drug-likeness (QED) is 0.554. The minimum Gasteiger partial charge on any atom is -0.377 e. The van der Waals surface area contributed by atoms with Crippen LogP contribution in [0.5, 0.6) is 0 Å². The van der Waals surface area contributed by atoms with Crippen LogP contribution in [-0.4, -0.2) is 38.6 Å². The molecule has 1 unspecified atom stereocenters. The van der Waals surface area contributed by atoms with E-state index >= 15 is 0 Å². The van der Waals surface area contributed by atoms with Crippen LogP contribution in [0.1, 0.15) is 28.1 Å². The highest BCUT2D eigenvalue weighted by molar-refractivity contribution is 7.89. The van der Waals surface area contributed by atoms with E-state index in [4.69, 9.17) is 4.74 Å². The Labute approximate surface area is 183 Å². The molecule has 0 spiro atoms. The zero-order chi connectivity index (χ0) is 21.1. The predicted octanol–water partition coefficient (Wildman–Crippen LogP) is 3.89. The summed E-state index contributed by atoms with van der Waals surface area (Å²) in [5.74, 6) is -0.408. The lowest BCUT2D eigenvalue weighted by Gasteiger charge is -2.12. The third-order valence-electron chi connectivity index (χ3n) is 4.65. The lowest BCUT2D eigenvalue weighted by atomic mass is 10.2. The number of rotatable bonds is 7. The second-order valence-electron chi connectivity index (χ2n) is 6.92. The Bertz CT molecular complexity index is 1150. The normalized spacial score (nSPS) is 16.6. The van der Waals surface area contributed by atoms with Gasteiger partial charge >= 0.3 is 0 Å². The van der Waals surface area contributed by atoms with Gasteiger partial charge in [0, 0.05) is 29.0 Å². The van der Waals surface area contributed by atoms with Crippen molar-refractivity contribution in [3.05, 3.63) is 52.2 Å². The van der Waals surface area contributed by atoms with E-state index in [1.165, 1.54) is 28.3 Å². The molecule has 1 aromatic carbocycles. The minimum absolute atomic E-state index is 0.0436. The molecule has 2 aromatic heterocycles. The summed E-state index contributed by atoms with van der Waals surface area (Å²) in [6, 6.07) is 9.98. The average molecular weight is 464 g/mol. The second kappa shape index (κ2) is 8.94. The molecule has 0 bridgehead atoms. The SMILES string of the molecule is Cc1ccc(-c2csc(NC(=O)c3cccc(S(=O)(=O)NCC4CCCO4)c3)n2)s1. The number of ether oxygens (including phenoxy) is 1. The van der Waals surface area contributed by atoms with Crippen LogP contribution in [0.2, 0.25) is 0 Å². The van der Waals surface area contributed by atoms with Crippen molar-refractivity contribution >= 4 is 43.7 Å². The first-order valence-electron chi connectivity index (χ1n) is 9.46. The molecule has 0 saturated carbocycles. The number of anilines is 1. The maximum atomic E-state index is 12.6. The number of benzene rings is 1. The van der Waals surface area contributed by atoms with E-state index in [1.807, 2.05) is 24.4 Å². The molecule has 158 valence electrons. The Morgan fingerprint density at radius 3 is 2.90 bits per heavy atom. The van der Waals surface area contributed by atoms with E-state index in [-0.39, 0.29) is 23.1 Å². The van der Waals surface area contributed by atoms with E-state index in [2.05, 4.69) is 15.0 Å². The largest absolute Gasteiger partial charge is 0.377 e. The van der Waals surface area contributed by atoms with Crippen molar-refractivity contribution in [3.63, 3.8) is 0 Å². The van der Waals surface area contributed by atoms with Crippen LogP contribution in [0.3, 0.4) is 0 Å². The zero-order valence-corrected chi connectivity index (χ0v) is 18.7. The van der Waals surface area contributed by atoms with Gasteiger partial charge in [-0.3, -0.25) is 10.1 Å². The van der Waals surface area contributed by atoms with Crippen LogP contribution in [-0.2, 0) is 14.8 Å². The Morgan fingerprint density at radius 2 is 2.17 bits per heavy atom. The molecule has 1 saturated heterocycles. The summed E-state index contributed by atoms with van der Waals surface area (Å²) < 4.78 is 33.2. The third kappa shape index (κ3) is 4.96. The number of aryl methyl sites for hydroxylation is 1. The fourth-order valence-corrected chi connectivity index (χ4v) is 5.80. The van der Waals surface area contributed by atoms with E-state index in [0.717, 1.165) is 23.4 Å². The smallest absolute Gasteiger partial charge is 0.257 e. The van der Waals surface area contributed by atoms with E-state index < -0.39 is 15.9 Å². The lowest BCUT2D eigenvalue weighted by molar-refractivity contribution is 0.102. The number of carbonyl (C=O) groups is 1. The molecule has 2 N–H and O–H groups in total. The number of hydrogen-bond acceptors (Lipinski definition) is 7. The molecule has 10 heteroatoms. The number of carbonyl (C=O) groups excluding carboxylic acids is 1. The van der Waals surface area contributed by atoms with E-state index in [1.54, 1.807) is 23.5 Å². The standard InChI is InChI=1S/C20H21N3O4S3/c1-13-7-8-18(29-13)17-12-28-20(22-17)23-19(24)14-4-2-6-16(10-14)30(25,26)21-11-15-5-3-9-27-15/h2,4,6-8,10,12,15,21H,3,5,9,11H2,1H3,(H,22,23,24). The summed E-state index contributed by atoms with van der Waals surface area (Å²) in [4.78, 5) is 19.4. The summed E-state index contributed by atoms with van der Waals surface area (Å²) in [7, 11) is -3.73. The molecule has 0 aliphatic carbocycles. The molecule has 1 fully saturated rings. The topological polar surface area (TPSA) is 97.4 Å². The Kier molecular flexibility index (Phi) is 6.30. The number of thiophene rings is 1. The van der Waals surface area contributed by atoms with Crippen molar-refractivity contribution in [2.45, 2.75) is 30.8 Å². The molecular formula is C20H21N3O4S3. The number of nitrogens with one attached hydrogen (secondary N) is 2. The first kappa shape index (κ1) is 21.1. The van der Waals surface area contributed by atoms with Crippen molar-refractivity contribution in [3.8, 4) is 10.6 Å². The molecule has 1 aliphatic rings. The van der Waals surface area contributed by atoms with Gasteiger partial charge < -0.3 is 4.74 Å². The van der Waals surface area contributed by atoms with Crippen LogP contribution in [0.4, 0.5) is 5.13 Å². The molecule has 1 amide bonds. The van der Waals surface area contributed by atoms with Gasteiger partial charge in [0.1, 0.15) is 0 Å². The highest BCUT2D eigenvalue weighted by atomic mass is 32.2. The first-order chi connectivity index (χ1) is 14.4.